The number of para-hydroxylation sites is 1. The molecule has 3 rings (SSSR count). The molecular weight excluding hydrogens is 1330 g/mol. The number of nitrogens with one attached hydrogen (secondary N) is 4. The van der Waals surface area contributed by atoms with Gasteiger partial charge in [-0.05, 0) is 57.0 Å². The lowest BCUT2D eigenvalue weighted by molar-refractivity contribution is -0.143. The van der Waals surface area contributed by atoms with Gasteiger partial charge in [-0.2, -0.15) is 0 Å². The van der Waals surface area contributed by atoms with Crippen LogP contribution in [0.1, 0.15) is 150 Å². The van der Waals surface area contributed by atoms with Crippen LogP contribution in [0.15, 0.2) is 91.0 Å². The van der Waals surface area contributed by atoms with Gasteiger partial charge in [-0.3, -0.25) is 62.6 Å². The lowest BCUT2D eigenvalue weighted by Crippen LogP contribution is -2.43. The summed E-state index contributed by atoms with van der Waals surface area (Å²) in [5.74, 6) is 31.6. The zero-order valence-corrected chi connectivity index (χ0v) is 62.6. The van der Waals surface area contributed by atoms with Crippen LogP contribution in [0.4, 0.5) is 5.69 Å². The van der Waals surface area contributed by atoms with Gasteiger partial charge in [0.05, 0.1) is 83.5 Å². The van der Waals surface area contributed by atoms with E-state index >= 15 is 0 Å². The van der Waals surface area contributed by atoms with Crippen LogP contribution in [0.3, 0.4) is 0 Å². The fraction of sp³-hybridized carbons (Fsp3) is 0.494. The first kappa shape index (κ1) is 101. The Morgan fingerprint density at radius 3 is 1.21 bits per heavy atom. The Bertz CT molecular complexity index is 3340. The molecule has 0 aliphatic heterocycles. The summed E-state index contributed by atoms with van der Waals surface area (Å²) in [4.78, 5) is 119. The molecule has 105 heavy (non-hydrogen) atoms. The molecule has 0 heterocycles. The molecule has 3 atom stereocenters. The molecule has 9 amide bonds. The Balaban J connectivity index is -0.000000586. The maximum atomic E-state index is 11.9. The smallest absolute Gasteiger partial charge is 0.307 e. The first-order valence-electron chi connectivity index (χ1n) is 34.9. The van der Waals surface area contributed by atoms with E-state index in [1.807, 2.05) is 127 Å². The van der Waals surface area contributed by atoms with Crippen LogP contribution in [0.5, 0.6) is 0 Å². The second-order valence-electron chi connectivity index (χ2n) is 22.0. The summed E-state index contributed by atoms with van der Waals surface area (Å²) >= 11 is 0. The highest BCUT2D eigenvalue weighted by atomic mass is 16.5. The van der Waals surface area contributed by atoms with E-state index in [0.29, 0.717) is 83.8 Å². The number of esters is 1. The third-order valence-electron chi connectivity index (χ3n) is 12.9. The molecule has 3 aromatic rings. The van der Waals surface area contributed by atoms with E-state index in [2.05, 4.69) is 92.3 Å². The summed E-state index contributed by atoms with van der Waals surface area (Å²) in [7, 11) is 0. The minimum Gasteiger partial charge on any atom is -0.466 e. The molecule has 0 aliphatic rings. The van der Waals surface area contributed by atoms with Crippen molar-refractivity contribution in [3.8, 4) is 71.0 Å². The quantitative estimate of drug-likeness (QED) is 0.0307. The molecule has 0 fully saturated rings. The van der Waals surface area contributed by atoms with Gasteiger partial charge in [0.25, 0.3) is 5.91 Å². The Labute approximate surface area is 625 Å². The summed E-state index contributed by atoms with van der Waals surface area (Å²) in [6.45, 7) is 22.3. The second-order valence-corrected chi connectivity index (χ2v) is 22.0. The van der Waals surface area contributed by atoms with Gasteiger partial charge in [-0.25, -0.2) is 0 Å². The Kier molecular flexibility index (Phi) is 66.5. The second kappa shape index (κ2) is 69.2. The maximum Gasteiger partial charge on any atom is 0.307 e. The van der Waals surface area contributed by atoms with E-state index in [-0.39, 0.29) is 88.6 Å². The number of ether oxygens (including phenoxy) is 1. The number of hydrogen-bond acceptors (Lipinski definition) is 17. The number of amides is 9. The molecule has 576 valence electrons. The number of likely N-dealkylation sites (N-methyl/N-ethyl adjacent to an activating group) is 1. The van der Waals surface area contributed by atoms with E-state index in [0.717, 1.165) is 50.6 Å². The molecule has 0 radical (unpaired) electrons. The van der Waals surface area contributed by atoms with Crippen molar-refractivity contribution in [1.82, 2.24) is 35.6 Å². The van der Waals surface area contributed by atoms with Crippen molar-refractivity contribution in [2.45, 2.75) is 158 Å². The Morgan fingerprint density at radius 1 is 0.429 bits per heavy atom. The first-order chi connectivity index (χ1) is 49.8. The molecule has 26 nitrogen and oxygen atoms in total. The van der Waals surface area contributed by atoms with Crippen LogP contribution >= 0.6 is 0 Å². The normalized spacial score (nSPS) is 10.3. The molecule has 0 saturated heterocycles. The van der Waals surface area contributed by atoms with Crippen LogP contribution in [0, 0.1) is 71.0 Å². The largest absolute Gasteiger partial charge is 0.466 e. The monoisotopic (exact) mass is 1450 g/mol. The van der Waals surface area contributed by atoms with Crippen molar-refractivity contribution in [2.24, 2.45) is 40.1 Å². The molecule has 0 aliphatic carbocycles. The number of rotatable bonds is 33. The minimum absolute atomic E-state index is 0. The molecule has 0 aromatic heterocycles. The summed E-state index contributed by atoms with van der Waals surface area (Å²) in [5.41, 5.74) is 39.9. The predicted molar refractivity (Wildman–Crippen MR) is 418 cm³/mol. The van der Waals surface area contributed by atoms with Crippen LogP contribution in [-0.2, 0) is 54.3 Å². The van der Waals surface area contributed by atoms with Crippen molar-refractivity contribution < 1.29 is 52.7 Å². The number of nitrogens with two attached hydrogens (primary N) is 7. The van der Waals surface area contributed by atoms with Gasteiger partial charge in [-0.1, -0.05) is 133 Å². The summed E-state index contributed by atoms with van der Waals surface area (Å²) in [6.07, 6.45) is 6.79. The van der Waals surface area contributed by atoms with Crippen LogP contribution in [0.25, 0.3) is 0 Å². The third kappa shape index (κ3) is 61.8. The van der Waals surface area contributed by atoms with Crippen molar-refractivity contribution in [1.29, 1.82) is 0 Å². The summed E-state index contributed by atoms with van der Waals surface area (Å²) in [6, 6.07) is 26.5. The molecule has 0 bridgehead atoms. The van der Waals surface area contributed by atoms with Gasteiger partial charge in [0.15, 0.2) is 0 Å². The highest BCUT2D eigenvalue weighted by molar-refractivity contribution is 5.94. The molecule has 3 aromatic carbocycles. The van der Waals surface area contributed by atoms with Gasteiger partial charge in [0.2, 0.25) is 47.3 Å². The summed E-state index contributed by atoms with van der Waals surface area (Å²) in [5, 5.41) is 11.0. The fourth-order valence-electron chi connectivity index (χ4n) is 7.98. The average molecular weight is 1450 g/mol. The fourth-order valence-corrected chi connectivity index (χ4v) is 7.98. The topological polar surface area (TPSA) is 423 Å². The van der Waals surface area contributed by atoms with Gasteiger partial charge in [-0.15, -0.1) is 53.3 Å². The van der Waals surface area contributed by atoms with E-state index in [1.165, 1.54) is 10.5 Å². The Morgan fingerprint density at radius 2 is 0.800 bits per heavy atom. The number of carbonyl (C=O) groups is 10. The van der Waals surface area contributed by atoms with E-state index in [1.54, 1.807) is 41.0 Å². The molecule has 0 spiro atoms. The van der Waals surface area contributed by atoms with E-state index in [9.17, 15) is 47.9 Å². The summed E-state index contributed by atoms with van der Waals surface area (Å²) < 4.78 is 4.72. The molecule has 0 saturated carbocycles. The average Bonchev–Trinajstić information content (AvgIpc) is 1.09. The molecule has 18 N–H and O–H groups in total. The van der Waals surface area contributed by atoms with Gasteiger partial charge in [0.1, 0.15) is 0 Å². The number of benzene rings is 3. The minimum atomic E-state index is -0.642. The zero-order valence-electron chi connectivity index (χ0n) is 62.6. The molecule has 3 unspecified atom stereocenters. The lowest BCUT2D eigenvalue weighted by Gasteiger charge is -2.21. The lowest BCUT2D eigenvalue weighted by atomic mass is 10.1. The van der Waals surface area contributed by atoms with Crippen LogP contribution in [0.2, 0.25) is 0 Å². The predicted octanol–water partition coefficient (Wildman–Crippen LogP) is 3.40. The Hall–Kier alpha value is -10.5. The van der Waals surface area contributed by atoms with Crippen LogP contribution in [-0.4, -0.2) is 195 Å². The number of primary amides is 4. The zero-order chi connectivity index (χ0) is 78.6. The number of nitrogens with zero attached hydrogens (tertiary/aromatic N) is 4. The highest BCUT2D eigenvalue weighted by Crippen LogP contribution is 2.06. The maximum absolute atomic E-state index is 11.9. The highest BCUT2D eigenvalue weighted by Gasteiger charge is 2.18. The first-order valence-corrected chi connectivity index (χ1v) is 34.9. The number of anilines is 1. The van der Waals surface area contributed by atoms with Crippen molar-refractivity contribution in [3.63, 3.8) is 0 Å². The van der Waals surface area contributed by atoms with Crippen molar-refractivity contribution >= 4 is 64.8 Å². The SMILES string of the molecule is C.CCC#CCC(N)C(=O)N(CC)CC.CCC#CCC(N)C(=O)NCCC(=O)OCC.CCC#CCC(N)C(=O)NCCc1ccccc1.CCC#CCN(CC(N)=O)CC(=O)Nc1ccccc1.CCC#CCN(CC(N)=O)CC(N)=O.CCC#CCN(CCNC(=O)c1ccccc1)CC(N)=O. The van der Waals surface area contributed by atoms with Gasteiger partial charge < -0.3 is 71.0 Å². The molecular formula is C79H119N15O11. The van der Waals surface area contributed by atoms with E-state index < -0.39 is 41.8 Å². The van der Waals surface area contributed by atoms with Crippen molar-refractivity contribution in [2.75, 3.05) is 104 Å². The van der Waals surface area contributed by atoms with Crippen molar-refractivity contribution in [3.05, 3.63) is 102 Å². The number of carbonyl (C=O) groups excluding carboxylic acids is 10. The molecule has 26 heteroatoms. The van der Waals surface area contributed by atoms with Crippen LogP contribution < -0.4 is 61.4 Å². The van der Waals surface area contributed by atoms with Gasteiger partial charge in [0, 0.05) is 108 Å². The van der Waals surface area contributed by atoms with E-state index in [4.69, 9.17) is 44.9 Å². The third-order valence-corrected chi connectivity index (χ3v) is 12.9. The standard InChI is InChI=1S/C16H21N3O2.C15H19N3O2.C15H20N2O.C12H20N2O3.C11H20N2O.C9H15N3O2.CH4/c1-2-3-7-11-19(13-15(17)20)12-10-18-16(21)14-8-5-4-6-9-14;1-2-3-7-10-18(11-14(16)19)12-15(20)17-13-8-5-4-6-9-13;1-2-3-5-10-14(16)15(18)17-12-11-13-8-6-4-7-9-13;1-3-5-6-7-10(13)12(16)14-9-8-11(15)17-4-2;1-4-7-8-9-10(12)11(14)13(5-2)6-3;1-2-3-4-5-12(6-8(10)13)7-9(11)14;/h4-6,8-9H,2,10-13H2,1H3,(H2,17,20)(H,18,21);4-6,8-9H,2,10-12H2,1H3,(H2,16,19)(H,17,20);4,6-9,14H,2,10-12,16H2,1H3,(H,17,18);10H,3-4,7-9,13H2,1-2H3,(H,14,16);10H,4-6,9,12H2,1-3H3;2,5-7H2,1H3,(H2,10,13)(H2,11,14);1H4. The van der Waals surface area contributed by atoms with Gasteiger partial charge >= 0.3 is 5.97 Å². The number of hydrogen-bond donors (Lipinski definition) is 11.